The second-order valence-corrected chi connectivity index (χ2v) is 6.93. The van der Waals surface area contributed by atoms with Crippen molar-refractivity contribution in [1.82, 2.24) is 0 Å². The van der Waals surface area contributed by atoms with Gasteiger partial charge in [-0.2, -0.15) is 0 Å². The molecule has 0 spiro atoms. The average Bonchev–Trinajstić information content (AvgIpc) is 2.54. The van der Waals surface area contributed by atoms with E-state index in [0.717, 1.165) is 19.1 Å². The highest BCUT2D eigenvalue weighted by Crippen LogP contribution is 2.14. The second kappa shape index (κ2) is 18.7. The van der Waals surface area contributed by atoms with E-state index in [-0.39, 0.29) is 5.92 Å². The Morgan fingerprint density at radius 2 is 0.955 bits per heavy atom. The summed E-state index contributed by atoms with van der Waals surface area (Å²) in [6, 6.07) is 0. The van der Waals surface area contributed by atoms with Crippen LogP contribution in [0.15, 0.2) is 0 Å². The van der Waals surface area contributed by atoms with Gasteiger partial charge in [-0.1, -0.05) is 96.8 Å². The zero-order chi connectivity index (χ0) is 16.3. The summed E-state index contributed by atoms with van der Waals surface area (Å²) >= 11 is 0. The zero-order valence-electron chi connectivity index (χ0n) is 15.0. The maximum Gasteiger partial charge on any atom is 0.122 e. The van der Waals surface area contributed by atoms with Gasteiger partial charge in [-0.05, 0) is 12.8 Å². The standard InChI is InChI=1S/C20H40O2/c1-20(19-22)17-15-13-11-9-7-5-3-2-4-6-8-10-12-14-16-18-21/h19-21H,2-18H2,1H3. The SMILES string of the molecule is CC(C=O)CCCCCCCCCCCCCCCCCO. The molecule has 0 radical (unpaired) electrons. The van der Waals surface area contributed by atoms with E-state index in [2.05, 4.69) is 0 Å². The van der Waals surface area contributed by atoms with Crippen molar-refractivity contribution in [3.05, 3.63) is 0 Å². The molecule has 0 aliphatic rings. The molecule has 0 heterocycles. The summed E-state index contributed by atoms with van der Waals surface area (Å²) in [6.45, 7) is 2.37. The topological polar surface area (TPSA) is 37.3 Å². The third-order valence-electron chi connectivity index (χ3n) is 4.55. The van der Waals surface area contributed by atoms with Gasteiger partial charge in [0, 0.05) is 12.5 Å². The van der Waals surface area contributed by atoms with Crippen LogP contribution in [0.5, 0.6) is 0 Å². The fourth-order valence-corrected chi connectivity index (χ4v) is 2.94. The average molecular weight is 313 g/mol. The molecule has 0 aromatic carbocycles. The number of rotatable bonds is 18. The van der Waals surface area contributed by atoms with Crippen molar-refractivity contribution < 1.29 is 9.90 Å². The monoisotopic (exact) mass is 312 g/mol. The molecule has 22 heavy (non-hydrogen) atoms. The molecule has 0 saturated heterocycles. The zero-order valence-corrected chi connectivity index (χ0v) is 15.0. The Morgan fingerprint density at radius 1 is 0.636 bits per heavy atom. The number of hydrogen-bond acceptors (Lipinski definition) is 2. The Labute approximate surface area is 139 Å². The third-order valence-corrected chi connectivity index (χ3v) is 4.55. The molecule has 0 rings (SSSR count). The first-order valence-electron chi connectivity index (χ1n) is 9.87. The van der Waals surface area contributed by atoms with E-state index in [1.165, 1.54) is 89.9 Å². The van der Waals surface area contributed by atoms with Crippen molar-refractivity contribution in [2.24, 2.45) is 5.92 Å². The molecular weight excluding hydrogens is 272 g/mol. The second-order valence-electron chi connectivity index (χ2n) is 6.93. The Hall–Kier alpha value is -0.370. The molecule has 2 heteroatoms. The molecule has 0 amide bonds. The summed E-state index contributed by atoms with van der Waals surface area (Å²) in [4.78, 5) is 10.5. The van der Waals surface area contributed by atoms with Crippen LogP contribution in [-0.4, -0.2) is 18.0 Å². The Morgan fingerprint density at radius 3 is 1.27 bits per heavy atom. The van der Waals surface area contributed by atoms with Crippen LogP contribution in [-0.2, 0) is 4.79 Å². The van der Waals surface area contributed by atoms with E-state index in [0.29, 0.717) is 6.61 Å². The molecule has 2 nitrogen and oxygen atoms in total. The van der Waals surface area contributed by atoms with Crippen molar-refractivity contribution in [2.75, 3.05) is 6.61 Å². The van der Waals surface area contributed by atoms with E-state index >= 15 is 0 Å². The quantitative estimate of drug-likeness (QED) is 0.247. The van der Waals surface area contributed by atoms with Crippen LogP contribution in [0.2, 0.25) is 0 Å². The maximum absolute atomic E-state index is 10.5. The molecule has 132 valence electrons. The maximum atomic E-state index is 10.5. The van der Waals surface area contributed by atoms with Gasteiger partial charge in [-0.3, -0.25) is 0 Å². The summed E-state index contributed by atoms with van der Waals surface area (Å²) in [6.07, 6.45) is 22.0. The lowest BCUT2D eigenvalue weighted by Gasteiger charge is -2.04. The van der Waals surface area contributed by atoms with Crippen LogP contribution in [0.3, 0.4) is 0 Å². The summed E-state index contributed by atoms with van der Waals surface area (Å²) < 4.78 is 0. The number of aliphatic hydroxyl groups is 1. The number of carbonyl (C=O) groups is 1. The lowest BCUT2D eigenvalue weighted by atomic mass is 10.0. The first-order valence-corrected chi connectivity index (χ1v) is 9.87. The summed E-state index contributed by atoms with van der Waals surface area (Å²) in [5.41, 5.74) is 0. The van der Waals surface area contributed by atoms with Crippen LogP contribution in [0.4, 0.5) is 0 Å². The van der Waals surface area contributed by atoms with Gasteiger partial charge in [0.1, 0.15) is 6.29 Å². The van der Waals surface area contributed by atoms with Crippen molar-refractivity contribution in [3.8, 4) is 0 Å². The van der Waals surface area contributed by atoms with Crippen molar-refractivity contribution in [2.45, 2.75) is 110 Å². The molecule has 1 unspecified atom stereocenters. The van der Waals surface area contributed by atoms with Gasteiger partial charge in [0.25, 0.3) is 0 Å². The molecule has 1 N–H and O–H groups in total. The molecule has 1 atom stereocenters. The van der Waals surface area contributed by atoms with Gasteiger partial charge in [-0.25, -0.2) is 0 Å². The van der Waals surface area contributed by atoms with Gasteiger partial charge in [0.15, 0.2) is 0 Å². The van der Waals surface area contributed by atoms with E-state index in [1.807, 2.05) is 6.92 Å². The van der Waals surface area contributed by atoms with Crippen LogP contribution in [0, 0.1) is 5.92 Å². The largest absolute Gasteiger partial charge is 0.396 e. The molecule has 0 aromatic heterocycles. The number of carbonyl (C=O) groups excluding carboxylic acids is 1. The number of aldehydes is 1. The van der Waals surface area contributed by atoms with Gasteiger partial charge < -0.3 is 9.90 Å². The van der Waals surface area contributed by atoms with E-state index in [1.54, 1.807) is 0 Å². The third kappa shape index (κ3) is 17.7. The number of aliphatic hydroxyl groups excluding tert-OH is 1. The Kier molecular flexibility index (Phi) is 18.4. The molecule has 0 bridgehead atoms. The van der Waals surface area contributed by atoms with Crippen LogP contribution in [0.25, 0.3) is 0 Å². The first-order chi connectivity index (χ1) is 10.8. The lowest BCUT2D eigenvalue weighted by molar-refractivity contribution is -0.110. The number of unbranched alkanes of at least 4 members (excludes halogenated alkanes) is 14. The molecule has 0 fully saturated rings. The van der Waals surface area contributed by atoms with Crippen molar-refractivity contribution in [1.29, 1.82) is 0 Å². The summed E-state index contributed by atoms with van der Waals surface area (Å²) in [7, 11) is 0. The van der Waals surface area contributed by atoms with Crippen molar-refractivity contribution >= 4 is 6.29 Å². The van der Waals surface area contributed by atoms with Crippen LogP contribution >= 0.6 is 0 Å². The van der Waals surface area contributed by atoms with Gasteiger partial charge in [0.05, 0.1) is 0 Å². The highest BCUT2D eigenvalue weighted by Gasteiger charge is 1.98. The molecule has 0 aromatic rings. The predicted octanol–water partition coefficient (Wildman–Crippen LogP) is 6.06. The minimum atomic E-state index is 0.259. The van der Waals surface area contributed by atoms with Gasteiger partial charge in [-0.15, -0.1) is 0 Å². The van der Waals surface area contributed by atoms with Crippen molar-refractivity contribution in [3.63, 3.8) is 0 Å². The Bertz CT molecular complexity index is 216. The fourth-order valence-electron chi connectivity index (χ4n) is 2.94. The molecule has 0 saturated carbocycles. The highest BCUT2D eigenvalue weighted by molar-refractivity contribution is 5.52. The van der Waals surface area contributed by atoms with E-state index < -0.39 is 0 Å². The first kappa shape index (κ1) is 21.6. The smallest absolute Gasteiger partial charge is 0.122 e. The van der Waals surface area contributed by atoms with Gasteiger partial charge >= 0.3 is 0 Å². The normalized spacial score (nSPS) is 12.5. The highest BCUT2D eigenvalue weighted by atomic mass is 16.2. The van der Waals surface area contributed by atoms with E-state index in [4.69, 9.17) is 5.11 Å². The molecule has 0 aliphatic heterocycles. The summed E-state index contributed by atoms with van der Waals surface area (Å²) in [5, 5.41) is 8.69. The van der Waals surface area contributed by atoms with Crippen LogP contribution in [0.1, 0.15) is 110 Å². The number of hydrogen-bond donors (Lipinski definition) is 1. The Balaban J connectivity index is 2.98. The minimum absolute atomic E-state index is 0.259. The molecular formula is C20H40O2. The van der Waals surface area contributed by atoms with Crippen LogP contribution < -0.4 is 0 Å². The minimum Gasteiger partial charge on any atom is -0.396 e. The molecule has 0 aliphatic carbocycles. The lowest BCUT2D eigenvalue weighted by Crippen LogP contribution is -1.94. The van der Waals surface area contributed by atoms with Gasteiger partial charge in [0.2, 0.25) is 0 Å². The summed E-state index contributed by atoms with van der Waals surface area (Å²) in [5.74, 6) is 0.259. The fraction of sp³-hybridized carbons (Fsp3) is 0.950. The van der Waals surface area contributed by atoms with E-state index in [9.17, 15) is 4.79 Å². The predicted molar refractivity (Wildman–Crippen MR) is 96.2 cm³/mol.